The molecule has 20 heavy (non-hydrogen) atoms. The first-order valence-electron chi connectivity index (χ1n) is 6.13. The number of amides is 1. The molecule has 4 heteroatoms. The molecular weight excluding hydrogens is 270 g/mol. The molecule has 0 unspecified atom stereocenters. The second-order valence-electron chi connectivity index (χ2n) is 4.31. The van der Waals surface area contributed by atoms with Gasteiger partial charge in [0.15, 0.2) is 0 Å². The van der Waals surface area contributed by atoms with Gasteiger partial charge in [0, 0.05) is 11.1 Å². The predicted octanol–water partition coefficient (Wildman–Crippen LogP) is 3.51. The molecule has 0 saturated heterocycles. The number of nitrogens with one attached hydrogen (secondary N) is 1. The van der Waals surface area contributed by atoms with Gasteiger partial charge >= 0.3 is 0 Å². The van der Waals surface area contributed by atoms with Gasteiger partial charge in [0.2, 0.25) is 4.74 Å². The van der Waals surface area contributed by atoms with Crippen LogP contribution < -0.4 is 10.1 Å². The van der Waals surface area contributed by atoms with Crippen molar-refractivity contribution in [2.45, 2.75) is 0 Å². The Labute approximate surface area is 119 Å². The molecule has 98 valence electrons. The molecule has 0 atom stereocenters. The maximum Gasteiger partial charge on any atom is 0.265 e. The molecule has 3 rings (SSSR count). The Hall–Kier alpha value is -2.46. The van der Waals surface area contributed by atoms with Crippen LogP contribution in [-0.4, -0.2) is 5.91 Å². The summed E-state index contributed by atoms with van der Waals surface area (Å²) in [6, 6.07) is 18.2. The van der Waals surface area contributed by atoms with Crippen molar-refractivity contribution in [1.82, 2.24) is 0 Å². The number of fused-ring (bicyclic) bond motifs is 1. The normalized spacial score (nSPS) is 10.4. The second kappa shape index (κ2) is 5.27. The molecule has 0 spiro atoms. The number of hydrogen-bond acceptors (Lipinski definition) is 3. The van der Waals surface area contributed by atoms with Gasteiger partial charge in [-0.05, 0) is 29.7 Å². The van der Waals surface area contributed by atoms with Gasteiger partial charge in [0.25, 0.3) is 5.91 Å². The number of carbonyl (C=O) groups excluding carboxylic acids is 1. The minimum atomic E-state index is -0.260. The number of rotatable bonds is 2. The van der Waals surface area contributed by atoms with E-state index in [1.54, 1.807) is 12.1 Å². The molecular formula is C16H11NO2S. The lowest BCUT2D eigenvalue weighted by atomic mass is 10.2. The number of anilines is 1. The summed E-state index contributed by atoms with van der Waals surface area (Å²) in [5.41, 5.74) is 0.713. The first kappa shape index (κ1) is 12.6. The molecule has 0 saturated carbocycles. The summed E-state index contributed by atoms with van der Waals surface area (Å²) < 4.78 is -0.0960. The molecule has 1 heterocycles. The van der Waals surface area contributed by atoms with Gasteiger partial charge in [-0.15, -0.1) is 0 Å². The summed E-state index contributed by atoms with van der Waals surface area (Å²) in [5.74, 6) is -0.260. The second-order valence-corrected chi connectivity index (χ2v) is 5.32. The van der Waals surface area contributed by atoms with Crippen molar-refractivity contribution in [1.29, 1.82) is 0 Å². The fraction of sp³-hybridized carbons (Fsp3) is 0. The molecule has 2 aromatic carbocycles. The van der Waals surface area contributed by atoms with Crippen LogP contribution in [0.25, 0.3) is 10.8 Å². The molecule has 1 aromatic heterocycles. The maximum absolute atomic E-state index is 12.2. The molecule has 1 N–H and O–H groups in total. The van der Waals surface area contributed by atoms with Crippen molar-refractivity contribution in [2.75, 3.05) is 5.32 Å². The van der Waals surface area contributed by atoms with Crippen LogP contribution >= 0.6 is 11.3 Å². The van der Waals surface area contributed by atoms with E-state index in [1.807, 2.05) is 48.5 Å². The van der Waals surface area contributed by atoms with Gasteiger partial charge < -0.3 is 5.32 Å². The summed E-state index contributed by atoms with van der Waals surface area (Å²) in [6.07, 6.45) is 0. The minimum absolute atomic E-state index is 0.0960. The van der Waals surface area contributed by atoms with E-state index in [0.717, 1.165) is 16.7 Å². The Morgan fingerprint density at radius 2 is 1.65 bits per heavy atom. The van der Waals surface area contributed by atoms with Crippen molar-refractivity contribution in [2.24, 2.45) is 0 Å². The number of benzene rings is 2. The zero-order valence-electron chi connectivity index (χ0n) is 10.5. The summed E-state index contributed by atoms with van der Waals surface area (Å²) in [5, 5.41) is 4.22. The maximum atomic E-state index is 12.2. The van der Waals surface area contributed by atoms with E-state index in [9.17, 15) is 9.59 Å². The summed E-state index contributed by atoms with van der Waals surface area (Å²) in [6.45, 7) is 0. The van der Waals surface area contributed by atoms with E-state index in [2.05, 4.69) is 5.32 Å². The fourth-order valence-electron chi connectivity index (χ4n) is 1.96. The Kier molecular flexibility index (Phi) is 3.31. The van der Waals surface area contributed by atoms with Gasteiger partial charge in [-0.1, -0.05) is 47.7 Å². The van der Waals surface area contributed by atoms with Gasteiger partial charge in [0.05, 0.1) is 4.88 Å². The van der Waals surface area contributed by atoms with Crippen molar-refractivity contribution >= 4 is 33.7 Å². The molecule has 0 aliphatic rings. The number of hydrogen-bond donors (Lipinski definition) is 1. The van der Waals surface area contributed by atoms with Crippen LogP contribution in [0.2, 0.25) is 0 Å². The zero-order valence-corrected chi connectivity index (χ0v) is 11.3. The molecule has 0 radical (unpaired) electrons. The van der Waals surface area contributed by atoms with Crippen LogP contribution in [0.15, 0.2) is 65.5 Å². The minimum Gasteiger partial charge on any atom is -0.321 e. The van der Waals surface area contributed by atoms with E-state index >= 15 is 0 Å². The highest BCUT2D eigenvalue weighted by atomic mass is 32.1. The highest BCUT2D eigenvalue weighted by molar-refractivity contribution is 7.12. The summed E-state index contributed by atoms with van der Waals surface area (Å²) in [7, 11) is 0. The first-order valence-corrected chi connectivity index (χ1v) is 6.95. The van der Waals surface area contributed by atoms with E-state index in [-0.39, 0.29) is 10.6 Å². The summed E-state index contributed by atoms with van der Waals surface area (Å²) >= 11 is 0.967. The fourth-order valence-corrected chi connectivity index (χ4v) is 2.79. The lowest BCUT2D eigenvalue weighted by Gasteiger charge is -2.05. The van der Waals surface area contributed by atoms with Crippen LogP contribution in [0, 0.1) is 0 Å². The molecule has 3 aromatic rings. The highest BCUT2D eigenvalue weighted by Gasteiger charge is 2.10. The van der Waals surface area contributed by atoms with Crippen molar-refractivity contribution < 1.29 is 4.79 Å². The Morgan fingerprint density at radius 3 is 2.45 bits per heavy atom. The quantitative estimate of drug-likeness (QED) is 0.781. The lowest BCUT2D eigenvalue weighted by molar-refractivity contribution is 0.103. The van der Waals surface area contributed by atoms with Gasteiger partial charge in [-0.2, -0.15) is 0 Å². The standard InChI is InChI=1S/C16H11NO2S/c18-15(17-12-7-2-1-3-8-12)14-10-11-6-4-5-9-13(11)16(19)20-14/h1-10H,(H,17,18). The van der Waals surface area contributed by atoms with Crippen LogP contribution in [-0.2, 0) is 0 Å². The van der Waals surface area contributed by atoms with Gasteiger partial charge in [0.1, 0.15) is 0 Å². The predicted molar refractivity (Wildman–Crippen MR) is 82.5 cm³/mol. The van der Waals surface area contributed by atoms with E-state index in [0.29, 0.717) is 16.0 Å². The number of carbonyl (C=O) groups is 1. The molecule has 0 aliphatic heterocycles. The van der Waals surface area contributed by atoms with E-state index in [4.69, 9.17) is 0 Å². The van der Waals surface area contributed by atoms with Crippen LogP contribution in [0.3, 0.4) is 0 Å². The van der Waals surface area contributed by atoms with Crippen LogP contribution in [0.5, 0.6) is 0 Å². The molecule has 3 nitrogen and oxygen atoms in total. The SMILES string of the molecule is O=C(Nc1ccccc1)c1cc2ccccc2c(=O)s1. The third kappa shape index (κ3) is 2.46. The molecule has 0 bridgehead atoms. The van der Waals surface area contributed by atoms with Crippen molar-refractivity contribution in [3.63, 3.8) is 0 Å². The largest absolute Gasteiger partial charge is 0.321 e. The van der Waals surface area contributed by atoms with Gasteiger partial charge in [-0.25, -0.2) is 0 Å². The highest BCUT2D eigenvalue weighted by Crippen LogP contribution is 2.16. The van der Waals surface area contributed by atoms with Crippen molar-refractivity contribution in [3.8, 4) is 0 Å². The average Bonchev–Trinajstić information content (AvgIpc) is 2.48. The third-order valence-electron chi connectivity index (χ3n) is 2.93. The topological polar surface area (TPSA) is 46.2 Å². The lowest BCUT2D eigenvalue weighted by Crippen LogP contribution is -2.12. The average molecular weight is 281 g/mol. The Bertz CT molecular complexity index is 825. The van der Waals surface area contributed by atoms with Crippen molar-refractivity contribution in [3.05, 3.63) is 75.1 Å². The molecule has 1 amide bonds. The Morgan fingerprint density at radius 1 is 0.950 bits per heavy atom. The smallest absolute Gasteiger partial charge is 0.265 e. The zero-order chi connectivity index (χ0) is 13.9. The molecule has 0 aliphatic carbocycles. The molecule has 0 fully saturated rings. The van der Waals surface area contributed by atoms with Gasteiger partial charge in [-0.3, -0.25) is 9.59 Å². The summed E-state index contributed by atoms with van der Waals surface area (Å²) in [4.78, 5) is 24.6. The van der Waals surface area contributed by atoms with Crippen LogP contribution in [0.1, 0.15) is 9.67 Å². The third-order valence-corrected chi connectivity index (χ3v) is 3.85. The Balaban J connectivity index is 1.98. The monoisotopic (exact) mass is 281 g/mol. The number of para-hydroxylation sites is 1. The first-order chi connectivity index (χ1) is 9.74. The van der Waals surface area contributed by atoms with Crippen LogP contribution in [0.4, 0.5) is 5.69 Å². The van der Waals surface area contributed by atoms with E-state index < -0.39 is 0 Å². The van der Waals surface area contributed by atoms with E-state index in [1.165, 1.54) is 0 Å².